The highest BCUT2D eigenvalue weighted by Gasteiger charge is 2.33. The molecule has 3 heterocycles. The summed E-state index contributed by atoms with van der Waals surface area (Å²) in [5.41, 5.74) is 7.48. The van der Waals surface area contributed by atoms with Crippen LogP contribution in [0.5, 0.6) is 0 Å². The second-order valence-electron chi connectivity index (χ2n) is 8.06. The topological polar surface area (TPSA) is 228 Å². The van der Waals surface area contributed by atoms with Crippen molar-refractivity contribution in [2.24, 2.45) is 5.14 Å². The van der Waals surface area contributed by atoms with Crippen LogP contribution in [-0.4, -0.2) is 66.6 Å². The summed E-state index contributed by atoms with van der Waals surface area (Å²) in [7, 11) is -8.89. The van der Waals surface area contributed by atoms with E-state index in [-0.39, 0.29) is 35.5 Å². The average Bonchev–Trinajstić information content (AvgIpc) is 3.57. The van der Waals surface area contributed by atoms with Gasteiger partial charge < -0.3 is 16.0 Å². The molecule has 5 rings (SSSR count). The van der Waals surface area contributed by atoms with Gasteiger partial charge in [-0.2, -0.15) is 5.21 Å². The molecule has 16 heteroatoms. The van der Waals surface area contributed by atoms with E-state index < -0.39 is 29.8 Å². The summed E-state index contributed by atoms with van der Waals surface area (Å²) in [6.07, 6.45) is 1.73. The summed E-state index contributed by atoms with van der Waals surface area (Å²) in [5, 5.41) is 22.4. The second kappa shape index (κ2) is 8.65. The lowest BCUT2D eigenvalue weighted by Gasteiger charge is -2.18. The summed E-state index contributed by atoms with van der Waals surface area (Å²) >= 11 is 0. The highest BCUT2D eigenvalue weighted by molar-refractivity contribution is 7.92. The number of anilines is 1. The molecule has 0 saturated carbocycles. The number of hydrogen-bond donors (Lipinski definition) is 6. The first-order chi connectivity index (χ1) is 16.6. The number of sulfonamides is 2. The fraction of sp³-hybridized carbons (Fsp3) is 0.263. The quantitative estimate of drug-likeness (QED) is 0.186. The summed E-state index contributed by atoms with van der Waals surface area (Å²) in [5.74, 6) is 0.00296. The molecule has 0 bridgehead atoms. The third-order valence-corrected chi connectivity index (χ3v) is 8.36. The molecule has 1 aliphatic rings. The molecule has 8 N–H and O–H groups in total. The third kappa shape index (κ3) is 4.37. The van der Waals surface area contributed by atoms with E-state index in [1.54, 1.807) is 18.2 Å². The van der Waals surface area contributed by atoms with Gasteiger partial charge in [0.25, 0.3) is 0 Å². The number of nitrogens with two attached hydrogens (primary N) is 2. The van der Waals surface area contributed by atoms with Crippen LogP contribution >= 0.6 is 0 Å². The number of aromatic amines is 2. The standard InChI is InChI=1S/C19H22N10O4S2/c20-19-24-13-5-1-4-12(16(13)25-19)11-6-7-14(35(32,33)23-9-10-3-2-8-22-10)17(34(21,30)31)15(11)18-26-28-29-27-18/h1,4-7,10,22-23H,2-3,8-9H2,(H3,20,24,25)(H2,21,30,31)(H,26,27,28,29). The van der Waals surface area contributed by atoms with Gasteiger partial charge in [-0.05, 0) is 42.3 Å². The van der Waals surface area contributed by atoms with E-state index in [4.69, 9.17) is 10.9 Å². The van der Waals surface area contributed by atoms with Crippen LogP contribution < -0.4 is 20.9 Å². The molecule has 1 unspecified atom stereocenters. The normalized spacial score (nSPS) is 16.8. The van der Waals surface area contributed by atoms with E-state index >= 15 is 0 Å². The summed E-state index contributed by atoms with van der Waals surface area (Å²) in [6, 6.07) is 7.75. The zero-order valence-corrected chi connectivity index (χ0v) is 19.8. The zero-order chi connectivity index (χ0) is 24.8. The Kier molecular flexibility index (Phi) is 5.76. The Morgan fingerprint density at radius 1 is 1.11 bits per heavy atom. The van der Waals surface area contributed by atoms with Gasteiger partial charge in [-0.3, -0.25) is 0 Å². The van der Waals surface area contributed by atoms with Gasteiger partial charge in [0.2, 0.25) is 25.9 Å². The van der Waals surface area contributed by atoms with Crippen LogP contribution in [0.4, 0.5) is 5.95 Å². The number of H-pyrrole nitrogens is 2. The molecule has 0 radical (unpaired) electrons. The van der Waals surface area contributed by atoms with E-state index in [0.29, 0.717) is 16.6 Å². The number of rotatable bonds is 7. The Labute approximate surface area is 200 Å². The number of fused-ring (bicyclic) bond motifs is 1. The predicted octanol–water partition coefficient (Wildman–Crippen LogP) is -0.330. The Bertz CT molecular complexity index is 1610. The molecule has 0 aliphatic carbocycles. The number of imidazole rings is 1. The van der Waals surface area contributed by atoms with Crippen molar-refractivity contribution >= 4 is 37.0 Å². The Morgan fingerprint density at radius 3 is 2.63 bits per heavy atom. The number of tetrazole rings is 1. The first-order valence-corrected chi connectivity index (χ1v) is 13.6. The van der Waals surface area contributed by atoms with Crippen LogP contribution in [0, 0.1) is 0 Å². The van der Waals surface area contributed by atoms with Crippen LogP contribution in [0.1, 0.15) is 12.8 Å². The Hall–Kier alpha value is -3.44. The molecule has 1 aliphatic heterocycles. The van der Waals surface area contributed by atoms with Crippen molar-refractivity contribution in [3.8, 4) is 22.5 Å². The van der Waals surface area contributed by atoms with Crippen LogP contribution in [-0.2, 0) is 20.0 Å². The highest BCUT2D eigenvalue weighted by Crippen LogP contribution is 2.40. The fourth-order valence-electron chi connectivity index (χ4n) is 4.26. The molecule has 4 aromatic rings. The van der Waals surface area contributed by atoms with Crippen LogP contribution in [0.15, 0.2) is 40.1 Å². The number of primary sulfonamides is 1. The molecule has 1 atom stereocenters. The van der Waals surface area contributed by atoms with Gasteiger partial charge in [0.1, 0.15) is 9.79 Å². The number of nitrogens with one attached hydrogen (secondary N) is 4. The van der Waals surface area contributed by atoms with Gasteiger partial charge in [-0.1, -0.05) is 18.2 Å². The summed E-state index contributed by atoms with van der Waals surface area (Å²) in [4.78, 5) is 6.03. The number of hydrogen-bond acceptors (Lipinski definition) is 10. The maximum Gasteiger partial charge on any atom is 0.241 e. The smallest absolute Gasteiger partial charge is 0.241 e. The molecule has 14 nitrogen and oxygen atoms in total. The molecular formula is C19H22N10O4S2. The minimum atomic E-state index is -4.60. The van der Waals surface area contributed by atoms with Gasteiger partial charge in [0, 0.05) is 18.2 Å². The first kappa shape index (κ1) is 23.3. The molecular weight excluding hydrogens is 496 g/mol. The van der Waals surface area contributed by atoms with Crippen molar-refractivity contribution in [3.05, 3.63) is 30.3 Å². The van der Waals surface area contributed by atoms with Crippen molar-refractivity contribution in [1.82, 2.24) is 40.6 Å². The van der Waals surface area contributed by atoms with E-state index in [1.165, 1.54) is 12.1 Å². The Balaban J connectivity index is 1.76. The fourth-order valence-corrected chi connectivity index (χ4v) is 6.94. The second-order valence-corrected chi connectivity index (χ2v) is 11.3. The molecule has 1 saturated heterocycles. The minimum absolute atomic E-state index is 0.0543. The Morgan fingerprint density at radius 2 is 1.94 bits per heavy atom. The van der Waals surface area contributed by atoms with Gasteiger partial charge in [-0.25, -0.2) is 31.7 Å². The average molecular weight is 519 g/mol. The van der Waals surface area contributed by atoms with E-state index in [1.807, 2.05) is 0 Å². The SMILES string of the molecule is Nc1nc2c(-c3ccc(S(=O)(=O)NCC4CCCN4)c(S(N)(=O)=O)c3-c3nn[nH]n3)cccc2[nH]1. The number of nitrogen functional groups attached to an aromatic ring is 1. The highest BCUT2D eigenvalue weighted by atomic mass is 32.2. The molecule has 0 amide bonds. The van der Waals surface area contributed by atoms with Gasteiger partial charge in [-0.15, -0.1) is 10.2 Å². The molecule has 184 valence electrons. The lowest BCUT2D eigenvalue weighted by molar-refractivity contribution is 0.548. The minimum Gasteiger partial charge on any atom is -0.369 e. The van der Waals surface area contributed by atoms with Gasteiger partial charge >= 0.3 is 0 Å². The van der Waals surface area contributed by atoms with Crippen molar-refractivity contribution in [3.63, 3.8) is 0 Å². The van der Waals surface area contributed by atoms with E-state index in [9.17, 15) is 16.8 Å². The maximum absolute atomic E-state index is 13.3. The zero-order valence-electron chi connectivity index (χ0n) is 18.2. The predicted molar refractivity (Wildman–Crippen MR) is 127 cm³/mol. The number of benzene rings is 2. The number of para-hydroxylation sites is 1. The monoisotopic (exact) mass is 518 g/mol. The van der Waals surface area contributed by atoms with Crippen molar-refractivity contribution in [2.45, 2.75) is 28.7 Å². The largest absolute Gasteiger partial charge is 0.369 e. The van der Waals surface area contributed by atoms with Crippen molar-refractivity contribution in [1.29, 1.82) is 0 Å². The maximum atomic E-state index is 13.3. The molecule has 0 spiro atoms. The lowest BCUT2D eigenvalue weighted by Crippen LogP contribution is -2.37. The van der Waals surface area contributed by atoms with E-state index in [2.05, 4.69) is 40.6 Å². The summed E-state index contributed by atoms with van der Waals surface area (Å²) in [6.45, 7) is 0.881. The number of aromatic nitrogens is 6. The van der Waals surface area contributed by atoms with Crippen LogP contribution in [0.2, 0.25) is 0 Å². The van der Waals surface area contributed by atoms with Crippen LogP contribution in [0.3, 0.4) is 0 Å². The van der Waals surface area contributed by atoms with Crippen molar-refractivity contribution in [2.75, 3.05) is 18.8 Å². The number of nitrogens with zero attached hydrogens (tertiary/aromatic N) is 4. The van der Waals surface area contributed by atoms with Gasteiger partial charge in [0.05, 0.1) is 16.6 Å². The van der Waals surface area contributed by atoms with Crippen molar-refractivity contribution < 1.29 is 16.8 Å². The molecule has 2 aromatic carbocycles. The molecule has 2 aromatic heterocycles. The lowest BCUT2D eigenvalue weighted by atomic mass is 9.98. The summed E-state index contributed by atoms with van der Waals surface area (Å²) < 4.78 is 54.8. The van der Waals surface area contributed by atoms with Gasteiger partial charge in [0.15, 0.2) is 5.95 Å². The molecule has 35 heavy (non-hydrogen) atoms. The third-order valence-electron chi connectivity index (χ3n) is 5.77. The molecule has 1 fully saturated rings. The van der Waals surface area contributed by atoms with Crippen LogP contribution in [0.25, 0.3) is 33.5 Å². The van der Waals surface area contributed by atoms with E-state index in [0.717, 1.165) is 19.4 Å². The first-order valence-electron chi connectivity index (χ1n) is 10.6.